The van der Waals surface area contributed by atoms with Gasteiger partial charge in [-0.3, -0.25) is 9.69 Å². The molecule has 0 radical (unpaired) electrons. The fourth-order valence-corrected chi connectivity index (χ4v) is 6.21. The Balaban J connectivity index is 1.21. The quantitative estimate of drug-likeness (QED) is 0.472. The van der Waals surface area contributed by atoms with Crippen LogP contribution < -0.4 is 9.64 Å². The maximum atomic E-state index is 13.6. The third-order valence-corrected chi connectivity index (χ3v) is 8.07. The Morgan fingerprint density at radius 1 is 1.06 bits per heavy atom. The smallest absolute Gasteiger partial charge is 0.267 e. The Hall–Kier alpha value is -2.90. The van der Waals surface area contributed by atoms with Gasteiger partial charge in [-0.15, -0.1) is 11.3 Å². The highest BCUT2D eigenvalue weighted by molar-refractivity contribution is 7.17. The lowest BCUT2D eigenvalue weighted by Gasteiger charge is -2.39. The van der Waals surface area contributed by atoms with Gasteiger partial charge in [-0.2, -0.15) is 0 Å². The Morgan fingerprint density at radius 3 is 2.60 bits per heavy atom. The molecule has 0 aliphatic carbocycles. The van der Waals surface area contributed by atoms with Gasteiger partial charge in [0.1, 0.15) is 16.4 Å². The number of piperazine rings is 1. The zero-order valence-corrected chi connectivity index (χ0v) is 21.3. The zero-order valence-electron chi connectivity index (χ0n) is 20.4. The molecule has 2 saturated heterocycles. The standard InChI is InChI=1S/C28H34N4O2S/c1-2-34-24-19-25(23-10-4-3-5-11-23)35-27(24)28(33)32-14-8-9-22(21-32)20-30-15-17-31(18-16-30)26-12-6-7-13-29-26/h3-7,10-13,19,22H,2,8-9,14-18,20-21H2,1H3. The van der Waals surface area contributed by atoms with Crippen LogP contribution in [0.4, 0.5) is 5.82 Å². The molecule has 7 heteroatoms. The molecule has 5 rings (SSSR count). The number of thiophene rings is 1. The number of hydrogen-bond donors (Lipinski definition) is 0. The van der Waals surface area contributed by atoms with E-state index in [9.17, 15) is 4.79 Å². The van der Waals surface area contributed by atoms with E-state index in [2.05, 4.69) is 43.9 Å². The molecular formula is C28H34N4O2S. The van der Waals surface area contributed by atoms with E-state index in [1.165, 1.54) is 6.42 Å². The minimum atomic E-state index is 0.116. The summed E-state index contributed by atoms with van der Waals surface area (Å²) in [5.74, 6) is 2.41. The molecule has 2 aliphatic rings. The van der Waals surface area contributed by atoms with Crippen LogP contribution >= 0.6 is 11.3 Å². The Bertz CT molecular complexity index is 1100. The van der Waals surface area contributed by atoms with Gasteiger partial charge in [0.05, 0.1) is 6.61 Å². The van der Waals surface area contributed by atoms with Crippen LogP contribution in [-0.2, 0) is 0 Å². The highest BCUT2D eigenvalue weighted by Gasteiger charge is 2.30. The molecule has 1 atom stereocenters. The van der Waals surface area contributed by atoms with Crippen molar-refractivity contribution in [1.29, 1.82) is 0 Å². The number of anilines is 1. The number of ether oxygens (including phenoxy) is 1. The topological polar surface area (TPSA) is 48.9 Å². The average molecular weight is 491 g/mol. The average Bonchev–Trinajstić information content (AvgIpc) is 3.34. The van der Waals surface area contributed by atoms with Gasteiger partial charge < -0.3 is 14.5 Å². The van der Waals surface area contributed by atoms with Crippen LogP contribution in [0.3, 0.4) is 0 Å². The molecule has 184 valence electrons. The van der Waals surface area contributed by atoms with Crippen LogP contribution in [0.1, 0.15) is 29.4 Å². The first-order valence-electron chi connectivity index (χ1n) is 12.7. The van der Waals surface area contributed by atoms with Gasteiger partial charge in [0, 0.05) is 56.9 Å². The first-order valence-corrected chi connectivity index (χ1v) is 13.5. The first-order chi connectivity index (χ1) is 17.2. The number of hydrogen-bond acceptors (Lipinski definition) is 6. The molecule has 1 amide bonds. The largest absolute Gasteiger partial charge is 0.492 e. The van der Waals surface area contributed by atoms with Crippen molar-refractivity contribution in [1.82, 2.24) is 14.8 Å². The van der Waals surface area contributed by atoms with E-state index in [0.717, 1.165) is 73.4 Å². The maximum Gasteiger partial charge on any atom is 0.267 e. The monoisotopic (exact) mass is 490 g/mol. The highest BCUT2D eigenvalue weighted by atomic mass is 32.1. The molecule has 6 nitrogen and oxygen atoms in total. The summed E-state index contributed by atoms with van der Waals surface area (Å²) in [6.45, 7) is 9.32. The first kappa shape index (κ1) is 23.8. The molecule has 0 saturated carbocycles. The van der Waals surface area contributed by atoms with E-state index < -0.39 is 0 Å². The summed E-state index contributed by atoms with van der Waals surface area (Å²) in [5.41, 5.74) is 1.12. The van der Waals surface area contributed by atoms with E-state index in [1.807, 2.05) is 43.5 Å². The summed E-state index contributed by atoms with van der Waals surface area (Å²) < 4.78 is 5.89. The summed E-state index contributed by atoms with van der Waals surface area (Å²) in [6.07, 6.45) is 4.11. The predicted molar refractivity (Wildman–Crippen MR) is 142 cm³/mol. The summed E-state index contributed by atoms with van der Waals surface area (Å²) in [4.78, 5) is 26.9. The number of carbonyl (C=O) groups excluding carboxylic acids is 1. The van der Waals surface area contributed by atoms with Crippen LogP contribution in [0, 0.1) is 5.92 Å². The molecule has 1 aromatic carbocycles. The summed E-state index contributed by atoms with van der Waals surface area (Å²) >= 11 is 1.55. The van der Waals surface area contributed by atoms with Crippen molar-refractivity contribution >= 4 is 23.1 Å². The van der Waals surface area contributed by atoms with Gasteiger partial charge in [-0.1, -0.05) is 36.4 Å². The SMILES string of the molecule is CCOc1cc(-c2ccccc2)sc1C(=O)N1CCCC(CN2CCN(c3ccccn3)CC2)C1. The van der Waals surface area contributed by atoms with Crippen molar-refractivity contribution in [2.45, 2.75) is 19.8 Å². The number of pyridine rings is 1. The van der Waals surface area contributed by atoms with Gasteiger partial charge in [0.2, 0.25) is 0 Å². The van der Waals surface area contributed by atoms with Crippen LogP contribution in [0.25, 0.3) is 10.4 Å². The second-order valence-electron chi connectivity index (χ2n) is 9.34. The van der Waals surface area contributed by atoms with Crippen molar-refractivity contribution in [2.24, 2.45) is 5.92 Å². The van der Waals surface area contributed by atoms with Crippen molar-refractivity contribution in [2.75, 3.05) is 57.3 Å². The van der Waals surface area contributed by atoms with E-state index >= 15 is 0 Å². The number of aromatic nitrogens is 1. The van der Waals surface area contributed by atoms with Gasteiger partial charge in [0.25, 0.3) is 5.91 Å². The van der Waals surface area contributed by atoms with Crippen molar-refractivity contribution in [3.05, 3.63) is 65.7 Å². The molecule has 2 aromatic heterocycles. The van der Waals surface area contributed by atoms with Crippen LogP contribution in [-0.4, -0.2) is 73.1 Å². The minimum Gasteiger partial charge on any atom is -0.492 e. The number of amides is 1. The van der Waals surface area contributed by atoms with Crippen molar-refractivity contribution in [3.63, 3.8) is 0 Å². The minimum absolute atomic E-state index is 0.116. The second kappa shape index (κ2) is 11.2. The maximum absolute atomic E-state index is 13.6. The number of rotatable bonds is 7. The Morgan fingerprint density at radius 2 is 1.86 bits per heavy atom. The molecule has 35 heavy (non-hydrogen) atoms. The molecule has 0 spiro atoms. The van der Waals surface area contributed by atoms with Crippen molar-refractivity contribution < 1.29 is 9.53 Å². The lowest BCUT2D eigenvalue weighted by Crippen LogP contribution is -2.50. The molecule has 2 fully saturated rings. The van der Waals surface area contributed by atoms with Crippen molar-refractivity contribution in [3.8, 4) is 16.2 Å². The second-order valence-corrected chi connectivity index (χ2v) is 10.4. The number of nitrogens with zero attached hydrogens (tertiary/aromatic N) is 4. The van der Waals surface area contributed by atoms with E-state index in [-0.39, 0.29) is 5.91 Å². The van der Waals surface area contributed by atoms with Crippen LogP contribution in [0.15, 0.2) is 60.8 Å². The van der Waals surface area contributed by atoms with E-state index in [0.29, 0.717) is 18.3 Å². The lowest BCUT2D eigenvalue weighted by molar-refractivity contribution is 0.0638. The molecule has 0 N–H and O–H groups in total. The van der Waals surface area contributed by atoms with E-state index in [1.54, 1.807) is 11.3 Å². The number of carbonyl (C=O) groups is 1. The fourth-order valence-electron chi connectivity index (χ4n) is 5.14. The van der Waals surface area contributed by atoms with E-state index in [4.69, 9.17) is 4.74 Å². The fraction of sp³-hybridized carbons (Fsp3) is 0.429. The number of likely N-dealkylation sites (tertiary alicyclic amines) is 1. The molecular weight excluding hydrogens is 456 g/mol. The number of piperidine rings is 1. The van der Waals surface area contributed by atoms with Crippen LogP contribution in [0.2, 0.25) is 0 Å². The molecule has 4 heterocycles. The number of benzene rings is 1. The van der Waals surface area contributed by atoms with Gasteiger partial charge in [-0.05, 0) is 49.4 Å². The Kier molecular flexibility index (Phi) is 7.64. The molecule has 2 aliphatic heterocycles. The van der Waals surface area contributed by atoms with Gasteiger partial charge in [0.15, 0.2) is 0 Å². The summed E-state index contributed by atoms with van der Waals surface area (Å²) in [7, 11) is 0. The summed E-state index contributed by atoms with van der Waals surface area (Å²) in [6, 6.07) is 18.4. The third kappa shape index (κ3) is 5.68. The lowest BCUT2D eigenvalue weighted by atomic mass is 9.97. The predicted octanol–water partition coefficient (Wildman–Crippen LogP) is 4.88. The highest BCUT2D eigenvalue weighted by Crippen LogP contribution is 2.37. The Labute approximate surface area is 212 Å². The molecule has 3 aromatic rings. The van der Waals surface area contributed by atoms with Gasteiger partial charge in [-0.25, -0.2) is 4.98 Å². The van der Waals surface area contributed by atoms with Gasteiger partial charge >= 0.3 is 0 Å². The third-order valence-electron chi connectivity index (χ3n) is 6.92. The molecule has 1 unspecified atom stereocenters. The normalized spacial score (nSPS) is 19.1. The summed E-state index contributed by atoms with van der Waals surface area (Å²) in [5, 5.41) is 0. The van der Waals surface area contributed by atoms with Crippen LogP contribution in [0.5, 0.6) is 5.75 Å². The molecule has 0 bridgehead atoms. The zero-order chi connectivity index (χ0) is 24.0.